The molecule has 23 heavy (non-hydrogen) atoms. The van der Waals surface area contributed by atoms with Gasteiger partial charge in [0.2, 0.25) is 10.0 Å². The van der Waals surface area contributed by atoms with E-state index in [0.717, 1.165) is 10.0 Å². The lowest BCUT2D eigenvalue weighted by Gasteiger charge is -2.18. The minimum absolute atomic E-state index is 0.0617. The van der Waals surface area contributed by atoms with Crippen molar-refractivity contribution in [1.82, 2.24) is 4.31 Å². The van der Waals surface area contributed by atoms with Crippen LogP contribution in [-0.4, -0.2) is 32.9 Å². The summed E-state index contributed by atoms with van der Waals surface area (Å²) >= 11 is 3.34. The van der Waals surface area contributed by atoms with E-state index < -0.39 is 15.8 Å². The first-order chi connectivity index (χ1) is 10.8. The van der Waals surface area contributed by atoms with E-state index in [1.807, 2.05) is 6.92 Å². The molecule has 0 saturated carbocycles. The molecule has 0 N–H and O–H groups in total. The molecule has 0 aromatic heterocycles. The number of ether oxygens (including phenoxy) is 1. The number of para-hydroxylation sites is 1. The van der Waals surface area contributed by atoms with Crippen molar-refractivity contribution in [3.05, 3.63) is 58.3 Å². The van der Waals surface area contributed by atoms with Crippen LogP contribution in [0.2, 0.25) is 0 Å². The number of benzene rings is 2. The van der Waals surface area contributed by atoms with E-state index in [0.29, 0.717) is 0 Å². The minimum atomic E-state index is -3.60. The lowest BCUT2D eigenvalue weighted by molar-refractivity contribution is 0.275. The Hall–Kier alpha value is -1.44. The second-order valence-electron chi connectivity index (χ2n) is 5.02. The zero-order valence-corrected chi connectivity index (χ0v) is 15.2. The van der Waals surface area contributed by atoms with Crippen molar-refractivity contribution < 1.29 is 17.5 Å². The van der Waals surface area contributed by atoms with E-state index in [-0.39, 0.29) is 23.8 Å². The smallest absolute Gasteiger partial charge is 0.242 e. The molecule has 0 saturated heterocycles. The fourth-order valence-corrected chi connectivity index (χ4v) is 3.41. The first-order valence-corrected chi connectivity index (χ1v) is 9.15. The summed E-state index contributed by atoms with van der Waals surface area (Å²) in [6.45, 7) is 2.00. The lowest BCUT2D eigenvalue weighted by atomic mass is 10.2. The predicted octanol–water partition coefficient (Wildman–Crippen LogP) is 3.60. The van der Waals surface area contributed by atoms with Crippen LogP contribution in [0.25, 0.3) is 0 Å². The van der Waals surface area contributed by atoms with Crippen molar-refractivity contribution in [1.29, 1.82) is 0 Å². The quantitative estimate of drug-likeness (QED) is 0.742. The average Bonchev–Trinajstić information content (AvgIpc) is 2.51. The fraction of sp³-hybridized carbons (Fsp3) is 0.250. The number of hydrogen-bond donors (Lipinski definition) is 0. The molecule has 0 radical (unpaired) electrons. The highest BCUT2D eigenvalue weighted by Gasteiger charge is 2.21. The molecule has 0 heterocycles. The van der Waals surface area contributed by atoms with E-state index in [2.05, 4.69) is 15.9 Å². The van der Waals surface area contributed by atoms with Gasteiger partial charge in [0.05, 0.1) is 4.90 Å². The molecule has 0 spiro atoms. The van der Waals surface area contributed by atoms with Crippen molar-refractivity contribution in [3.63, 3.8) is 0 Å². The number of sulfonamides is 1. The minimum Gasteiger partial charge on any atom is -0.489 e. The normalized spacial score (nSPS) is 11.7. The van der Waals surface area contributed by atoms with Crippen LogP contribution in [-0.2, 0) is 10.0 Å². The lowest BCUT2D eigenvalue weighted by Crippen LogP contribution is -2.31. The third-order valence-electron chi connectivity index (χ3n) is 3.34. The Kier molecular flexibility index (Phi) is 5.78. The summed E-state index contributed by atoms with van der Waals surface area (Å²) < 4.78 is 45.7. The third-order valence-corrected chi connectivity index (χ3v) is 6.08. The number of hydrogen-bond acceptors (Lipinski definition) is 3. The third kappa shape index (κ3) is 4.31. The van der Waals surface area contributed by atoms with Crippen LogP contribution in [0.4, 0.5) is 4.39 Å². The highest BCUT2D eigenvalue weighted by atomic mass is 79.9. The molecule has 2 rings (SSSR count). The van der Waals surface area contributed by atoms with Crippen LogP contribution in [0.15, 0.2) is 51.8 Å². The first kappa shape index (κ1) is 17.9. The van der Waals surface area contributed by atoms with Gasteiger partial charge >= 0.3 is 0 Å². The standard InChI is InChI=1S/C16H17BrFNO3S/c1-12-11-13(7-8-14(12)17)23(20,21)19(2)9-10-22-16-6-4-3-5-15(16)18/h3-8,11H,9-10H2,1-2H3. The Labute approximate surface area is 144 Å². The van der Waals surface area contributed by atoms with Gasteiger partial charge in [-0.3, -0.25) is 0 Å². The van der Waals surface area contributed by atoms with E-state index >= 15 is 0 Å². The van der Waals surface area contributed by atoms with Gasteiger partial charge in [-0.05, 0) is 42.8 Å². The SMILES string of the molecule is Cc1cc(S(=O)(=O)N(C)CCOc2ccccc2F)ccc1Br. The van der Waals surface area contributed by atoms with Gasteiger partial charge in [0, 0.05) is 18.1 Å². The second-order valence-corrected chi connectivity index (χ2v) is 7.92. The van der Waals surface area contributed by atoms with E-state index in [1.54, 1.807) is 30.3 Å². The molecular formula is C16H17BrFNO3S. The van der Waals surface area contributed by atoms with Crippen molar-refractivity contribution >= 4 is 26.0 Å². The van der Waals surface area contributed by atoms with Gasteiger partial charge < -0.3 is 4.74 Å². The molecular weight excluding hydrogens is 385 g/mol. The van der Waals surface area contributed by atoms with E-state index in [9.17, 15) is 12.8 Å². The highest BCUT2D eigenvalue weighted by molar-refractivity contribution is 9.10. The van der Waals surface area contributed by atoms with Crippen molar-refractivity contribution in [2.24, 2.45) is 0 Å². The monoisotopic (exact) mass is 401 g/mol. The van der Waals surface area contributed by atoms with Crippen molar-refractivity contribution in [3.8, 4) is 5.75 Å². The summed E-state index contributed by atoms with van der Waals surface area (Å²) in [5.41, 5.74) is 0.835. The molecule has 2 aromatic rings. The molecule has 0 atom stereocenters. The summed E-state index contributed by atoms with van der Waals surface area (Å²) in [4.78, 5) is 0.214. The predicted molar refractivity (Wildman–Crippen MR) is 90.6 cm³/mol. The molecule has 0 amide bonds. The molecule has 0 bridgehead atoms. The molecule has 0 aliphatic carbocycles. The number of likely N-dealkylation sites (N-methyl/N-ethyl adjacent to an activating group) is 1. The van der Waals surface area contributed by atoms with E-state index in [1.165, 1.54) is 23.5 Å². The van der Waals surface area contributed by atoms with Gasteiger partial charge in [-0.1, -0.05) is 28.1 Å². The fourth-order valence-electron chi connectivity index (χ4n) is 1.92. The Morgan fingerprint density at radius 2 is 1.91 bits per heavy atom. The van der Waals surface area contributed by atoms with Gasteiger partial charge in [-0.25, -0.2) is 12.8 Å². The molecule has 124 valence electrons. The molecule has 4 nitrogen and oxygen atoms in total. The van der Waals surface area contributed by atoms with Crippen LogP contribution >= 0.6 is 15.9 Å². The van der Waals surface area contributed by atoms with Crippen LogP contribution in [0, 0.1) is 12.7 Å². The maximum atomic E-state index is 13.4. The topological polar surface area (TPSA) is 46.6 Å². The number of halogens is 2. The second kappa shape index (κ2) is 7.42. The van der Waals surface area contributed by atoms with Crippen LogP contribution in [0.5, 0.6) is 5.75 Å². The molecule has 7 heteroatoms. The van der Waals surface area contributed by atoms with E-state index in [4.69, 9.17) is 4.74 Å². The number of nitrogens with zero attached hydrogens (tertiary/aromatic N) is 1. The maximum Gasteiger partial charge on any atom is 0.242 e. The van der Waals surface area contributed by atoms with Gasteiger partial charge in [0.15, 0.2) is 11.6 Å². The molecule has 0 aliphatic heterocycles. The summed E-state index contributed by atoms with van der Waals surface area (Å²) in [6, 6.07) is 10.9. The largest absolute Gasteiger partial charge is 0.489 e. The zero-order valence-electron chi connectivity index (χ0n) is 12.8. The zero-order chi connectivity index (χ0) is 17.0. The molecule has 0 unspecified atom stereocenters. The Balaban J connectivity index is 2.03. The Morgan fingerprint density at radius 1 is 1.22 bits per heavy atom. The average molecular weight is 402 g/mol. The van der Waals surface area contributed by atoms with Crippen molar-refractivity contribution in [2.45, 2.75) is 11.8 Å². The summed E-state index contributed by atoms with van der Waals surface area (Å²) in [6.07, 6.45) is 0. The van der Waals surface area contributed by atoms with Gasteiger partial charge in [-0.2, -0.15) is 4.31 Å². The number of aryl methyl sites for hydroxylation is 1. The van der Waals surface area contributed by atoms with Gasteiger partial charge in [0.25, 0.3) is 0 Å². The van der Waals surface area contributed by atoms with Gasteiger partial charge in [0.1, 0.15) is 6.61 Å². The molecule has 0 fully saturated rings. The summed E-state index contributed by atoms with van der Waals surface area (Å²) in [5.74, 6) is -0.362. The van der Waals surface area contributed by atoms with Crippen LogP contribution < -0.4 is 4.74 Å². The summed E-state index contributed by atoms with van der Waals surface area (Å²) in [7, 11) is -2.13. The van der Waals surface area contributed by atoms with Crippen molar-refractivity contribution in [2.75, 3.05) is 20.2 Å². The molecule has 2 aromatic carbocycles. The Bertz CT molecular complexity index is 796. The first-order valence-electron chi connectivity index (χ1n) is 6.92. The van der Waals surface area contributed by atoms with Crippen LogP contribution in [0.1, 0.15) is 5.56 Å². The Morgan fingerprint density at radius 3 is 2.57 bits per heavy atom. The molecule has 0 aliphatic rings. The summed E-state index contributed by atoms with van der Waals surface area (Å²) in [5, 5.41) is 0. The number of rotatable bonds is 6. The highest BCUT2D eigenvalue weighted by Crippen LogP contribution is 2.22. The maximum absolute atomic E-state index is 13.4. The van der Waals surface area contributed by atoms with Crippen LogP contribution in [0.3, 0.4) is 0 Å². The van der Waals surface area contributed by atoms with Gasteiger partial charge in [-0.15, -0.1) is 0 Å².